The van der Waals surface area contributed by atoms with Crippen LogP contribution in [-0.2, 0) is 9.47 Å². The predicted octanol–water partition coefficient (Wildman–Crippen LogP) is 5.26. The zero-order chi connectivity index (χ0) is 19.5. The van der Waals surface area contributed by atoms with Crippen molar-refractivity contribution in [2.75, 3.05) is 0 Å². The summed E-state index contributed by atoms with van der Waals surface area (Å²) < 4.78 is 15.2. The topological polar surface area (TPSA) is 18.5 Å². The first kappa shape index (κ1) is 19.1. The van der Waals surface area contributed by atoms with Crippen LogP contribution in [0.25, 0.3) is 0 Å². The van der Waals surface area contributed by atoms with Crippen LogP contribution in [0.1, 0.15) is 42.6 Å². The van der Waals surface area contributed by atoms with Crippen LogP contribution in [0.5, 0.6) is 0 Å². The summed E-state index contributed by atoms with van der Waals surface area (Å²) in [6.45, 7) is 0. The summed E-state index contributed by atoms with van der Waals surface area (Å²) in [6.07, 6.45) is 3.79. The van der Waals surface area contributed by atoms with E-state index in [0.29, 0.717) is 19.8 Å². The van der Waals surface area contributed by atoms with E-state index in [1.807, 2.05) is 0 Å². The van der Waals surface area contributed by atoms with E-state index in [1.165, 1.54) is 28.4 Å². The normalized spacial score (nSPS) is 29.2. The van der Waals surface area contributed by atoms with Crippen LogP contribution in [0.2, 0.25) is 4.82 Å². The van der Waals surface area contributed by atoms with Gasteiger partial charge in [0.25, 0.3) is 0 Å². The van der Waals surface area contributed by atoms with E-state index in [2.05, 4.69) is 91.0 Å². The summed E-state index contributed by atoms with van der Waals surface area (Å²) >= 11 is 0.398. The van der Waals surface area contributed by atoms with Crippen molar-refractivity contribution in [1.82, 2.24) is 0 Å². The quantitative estimate of drug-likeness (QED) is 0.507. The van der Waals surface area contributed by atoms with Gasteiger partial charge in [-0.05, 0) is 0 Å². The summed E-state index contributed by atoms with van der Waals surface area (Å²) in [6, 6.07) is 32.1. The second-order valence-corrected chi connectivity index (χ2v) is 10.6. The maximum absolute atomic E-state index is 6.92. The monoisotopic (exact) mass is 450 g/mol. The van der Waals surface area contributed by atoms with Gasteiger partial charge in [0.2, 0.25) is 0 Å². The van der Waals surface area contributed by atoms with E-state index >= 15 is 0 Å². The van der Waals surface area contributed by atoms with Crippen LogP contribution >= 0.6 is 0 Å². The Kier molecular flexibility index (Phi) is 5.83. The van der Waals surface area contributed by atoms with E-state index in [9.17, 15) is 0 Å². The van der Waals surface area contributed by atoms with Crippen molar-refractivity contribution in [2.45, 2.75) is 48.5 Å². The van der Waals surface area contributed by atoms with Crippen molar-refractivity contribution in [3.05, 3.63) is 102 Å². The molecule has 0 spiro atoms. The van der Waals surface area contributed by atoms with Gasteiger partial charge >= 0.3 is 180 Å². The van der Waals surface area contributed by atoms with E-state index < -0.39 is 0 Å². The van der Waals surface area contributed by atoms with Crippen molar-refractivity contribution < 1.29 is 9.47 Å². The Hall–Kier alpha value is -1.90. The van der Waals surface area contributed by atoms with Crippen molar-refractivity contribution in [3.8, 4) is 0 Å². The second-order valence-electron chi connectivity index (χ2n) is 7.84. The Morgan fingerprint density at radius 2 is 1.17 bits per heavy atom. The standard InChI is InChI=1S/C26H26O2Se/c1-4-11-19(12-5-1)24-25(20-13-6-2-7-14-20)28-26-22(27-24)17-10-18-23(26)29-21-15-8-3-9-16-21/h1-9,11-16,22-26H,10,17-18H2/t22-,23-,24-,25-,26-/m0/s1. The van der Waals surface area contributed by atoms with Gasteiger partial charge in [0.15, 0.2) is 0 Å². The molecule has 2 fully saturated rings. The molecule has 148 valence electrons. The van der Waals surface area contributed by atoms with Crippen LogP contribution in [0.4, 0.5) is 0 Å². The summed E-state index contributed by atoms with van der Waals surface area (Å²) in [5.41, 5.74) is 2.41. The fourth-order valence-electron chi connectivity index (χ4n) is 4.50. The SMILES string of the molecule is c1ccc([Se][C@H]2CCC[C@@H]3O[C@@H](c4ccccc4)[C@H](c4ccccc4)O[C@@H]32)cc1. The Balaban J connectivity index is 1.45. The minimum absolute atomic E-state index is 0.0529. The number of fused-ring (bicyclic) bond motifs is 1. The molecule has 2 aliphatic rings. The third kappa shape index (κ3) is 4.20. The molecule has 0 bridgehead atoms. The second kappa shape index (κ2) is 8.85. The van der Waals surface area contributed by atoms with Gasteiger partial charge in [-0.25, -0.2) is 0 Å². The number of ether oxygens (including phenoxy) is 2. The number of hydrogen-bond donors (Lipinski definition) is 0. The summed E-state index contributed by atoms with van der Waals surface area (Å²) in [5.74, 6) is 0. The minimum atomic E-state index is -0.0629. The Morgan fingerprint density at radius 3 is 1.79 bits per heavy atom. The molecule has 0 aromatic heterocycles. The van der Waals surface area contributed by atoms with Crippen LogP contribution in [0.15, 0.2) is 91.0 Å². The van der Waals surface area contributed by atoms with Gasteiger partial charge < -0.3 is 0 Å². The molecule has 1 aliphatic heterocycles. The first-order chi connectivity index (χ1) is 14.4. The maximum atomic E-state index is 6.92. The molecule has 2 nitrogen and oxygen atoms in total. The van der Waals surface area contributed by atoms with Gasteiger partial charge in [-0.3, -0.25) is 0 Å². The molecule has 29 heavy (non-hydrogen) atoms. The first-order valence-corrected chi connectivity index (χ1v) is 12.4. The first-order valence-electron chi connectivity index (χ1n) is 10.5. The fraction of sp³-hybridized carbons (Fsp3) is 0.308. The van der Waals surface area contributed by atoms with Crippen LogP contribution in [0, 0.1) is 0 Å². The molecular weight excluding hydrogens is 423 g/mol. The molecule has 3 aromatic rings. The number of hydrogen-bond acceptors (Lipinski definition) is 2. The third-order valence-corrected chi connectivity index (χ3v) is 8.73. The third-order valence-electron chi connectivity index (χ3n) is 5.90. The van der Waals surface area contributed by atoms with Gasteiger partial charge in [0, 0.05) is 0 Å². The van der Waals surface area contributed by atoms with Gasteiger partial charge in [-0.1, -0.05) is 0 Å². The molecule has 3 heteroatoms. The molecule has 1 saturated carbocycles. The van der Waals surface area contributed by atoms with Crippen LogP contribution in [-0.4, -0.2) is 27.2 Å². The molecule has 0 radical (unpaired) electrons. The molecule has 3 aromatic carbocycles. The summed E-state index contributed by atoms with van der Waals surface area (Å²) in [4.78, 5) is 0.562. The van der Waals surface area contributed by atoms with E-state index in [1.54, 1.807) is 0 Å². The van der Waals surface area contributed by atoms with Crippen LogP contribution < -0.4 is 4.46 Å². The summed E-state index contributed by atoms with van der Waals surface area (Å²) in [5, 5.41) is 0. The molecule has 1 heterocycles. The fourth-order valence-corrected chi connectivity index (χ4v) is 7.27. The molecule has 1 aliphatic carbocycles. The molecule has 5 atom stereocenters. The van der Waals surface area contributed by atoms with Gasteiger partial charge in [0.1, 0.15) is 0 Å². The average molecular weight is 449 g/mol. The van der Waals surface area contributed by atoms with E-state index in [-0.39, 0.29) is 24.4 Å². The van der Waals surface area contributed by atoms with Gasteiger partial charge in [-0.15, -0.1) is 0 Å². The Labute approximate surface area is 179 Å². The molecule has 0 unspecified atom stereocenters. The van der Waals surface area contributed by atoms with Gasteiger partial charge in [0.05, 0.1) is 0 Å². The van der Waals surface area contributed by atoms with Crippen molar-refractivity contribution in [3.63, 3.8) is 0 Å². The van der Waals surface area contributed by atoms with Crippen molar-refractivity contribution in [1.29, 1.82) is 0 Å². The zero-order valence-corrected chi connectivity index (χ0v) is 18.1. The zero-order valence-electron chi connectivity index (χ0n) is 16.4. The Bertz CT molecular complexity index is 900. The van der Waals surface area contributed by atoms with E-state index in [0.717, 1.165) is 6.42 Å². The molecule has 0 N–H and O–H groups in total. The van der Waals surface area contributed by atoms with Crippen molar-refractivity contribution >= 4 is 19.4 Å². The Morgan fingerprint density at radius 1 is 0.621 bits per heavy atom. The molecule has 5 rings (SSSR count). The number of rotatable bonds is 4. The van der Waals surface area contributed by atoms with Crippen LogP contribution in [0.3, 0.4) is 0 Å². The van der Waals surface area contributed by atoms with E-state index in [4.69, 9.17) is 9.47 Å². The predicted molar refractivity (Wildman–Crippen MR) is 118 cm³/mol. The van der Waals surface area contributed by atoms with Gasteiger partial charge in [-0.2, -0.15) is 0 Å². The summed E-state index contributed by atoms with van der Waals surface area (Å²) in [7, 11) is 0. The average Bonchev–Trinajstić information content (AvgIpc) is 2.80. The van der Waals surface area contributed by atoms with Crippen molar-refractivity contribution in [2.24, 2.45) is 0 Å². The molecule has 0 amide bonds. The molecule has 1 saturated heterocycles. The number of benzene rings is 3. The molecular formula is C26H26O2Se.